The Labute approximate surface area is 169 Å². The molecule has 4 heterocycles. The summed E-state index contributed by atoms with van der Waals surface area (Å²) < 4.78 is 21.8. The van der Waals surface area contributed by atoms with Crippen molar-refractivity contribution >= 4 is 21.8 Å². The third-order valence-corrected chi connectivity index (χ3v) is 6.19. The van der Waals surface area contributed by atoms with Crippen molar-refractivity contribution in [1.82, 2.24) is 9.13 Å². The zero-order valence-corrected chi connectivity index (χ0v) is 16.7. The topological polar surface area (TPSA) is 44.1 Å². The Hall–Kier alpha value is -2.76. The maximum absolute atomic E-state index is 6.49. The number of hydrogen-bond acceptors (Lipinski definition) is 3. The minimum atomic E-state index is 0.370. The molecule has 4 aromatic rings. The van der Waals surface area contributed by atoms with Crippen LogP contribution in [-0.2, 0) is 36.4 Å². The number of rotatable bonds is 6. The van der Waals surface area contributed by atoms with E-state index in [1.165, 1.54) is 22.4 Å². The predicted molar refractivity (Wildman–Crippen MR) is 113 cm³/mol. The number of fused-ring (bicyclic) bond motifs is 2. The second kappa shape index (κ2) is 6.37. The highest BCUT2D eigenvalue weighted by atomic mass is 16.6. The molecule has 2 aliphatic heterocycles. The van der Waals surface area contributed by atoms with Crippen molar-refractivity contribution in [2.24, 2.45) is 14.1 Å². The fraction of sp³-hybridized carbons (Fsp3) is 0.333. The van der Waals surface area contributed by atoms with Crippen molar-refractivity contribution in [3.05, 3.63) is 59.9 Å². The minimum absolute atomic E-state index is 0.370. The molecule has 0 radical (unpaired) electrons. The van der Waals surface area contributed by atoms with Gasteiger partial charge in [0.15, 0.2) is 0 Å². The van der Waals surface area contributed by atoms with Gasteiger partial charge >= 0.3 is 0 Å². The van der Waals surface area contributed by atoms with E-state index in [0.29, 0.717) is 12.2 Å². The number of hydrogen-bond donors (Lipinski definition) is 0. The van der Waals surface area contributed by atoms with Crippen LogP contribution in [-0.4, -0.2) is 34.6 Å². The number of benzene rings is 2. The number of epoxide rings is 2. The Bertz CT molecular complexity index is 1130. The van der Waals surface area contributed by atoms with Crippen molar-refractivity contribution in [3.8, 4) is 11.5 Å². The van der Waals surface area contributed by atoms with Gasteiger partial charge in [0.25, 0.3) is 0 Å². The van der Waals surface area contributed by atoms with Crippen LogP contribution in [0.25, 0.3) is 21.8 Å². The molecule has 0 amide bonds. The summed E-state index contributed by atoms with van der Waals surface area (Å²) in [6, 6.07) is 17.0. The molecule has 5 nitrogen and oxygen atoms in total. The van der Waals surface area contributed by atoms with Crippen molar-refractivity contribution < 1.29 is 14.2 Å². The second-order valence-electron chi connectivity index (χ2n) is 8.19. The maximum atomic E-state index is 6.49. The van der Waals surface area contributed by atoms with Gasteiger partial charge in [-0.05, 0) is 36.4 Å². The van der Waals surface area contributed by atoms with Crippen molar-refractivity contribution in [1.29, 1.82) is 0 Å². The van der Waals surface area contributed by atoms with E-state index in [1.54, 1.807) is 0 Å². The van der Waals surface area contributed by atoms with Gasteiger partial charge in [-0.2, -0.15) is 0 Å². The Morgan fingerprint density at radius 1 is 0.793 bits per heavy atom. The van der Waals surface area contributed by atoms with Gasteiger partial charge in [-0.1, -0.05) is 12.1 Å². The van der Waals surface area contributed by atoms with Gasteiger partial charge in [-0.15, -0.1) is 0 Å². The molecular weight excluding hydrogens is 364 g/mol. The molecule has 148 valence electrons. The molecule has 2 fully saturated rings. The Morgan fingerprint density at radius 2 is 1.24 bits per heavy atom. The highest BCUT2D eigenvalue weighted by Gasteiger charge is 2.26. The Kier molecular flexibility index (Phi) is 3.76. The van der Waals surface area contributed by atoms with Crippen LogP contribution in [0, 0.1) is 0 Å². The highest BCUT2D eigenvalue weighted by Crippen LogP contribution is 2.37. The molecule has 0 spiro atoms. The van der Waals surface area contributed by atoms with Crippen LogP contribution in [0.4, 0.5) is 0 Å². The fourth-order valence-corrected chi connectivity index (χ4v) is 4.30. The van der Waals surface area contributed by atoms with E-state index in [9.17, 15) is 0 Å². The average Bonchev–Trinajstić information content (AvgIpc) is 3.64. The number of aromatic nitrogens is 2. The molecule has 2 aromatic carbocycles. The SMILES string of the molecule is Cn1c(C[C@H]2CO2)cc2c(Oc3cccc4c3cc(C[C@H]3CO3)n4C)cccc21. The molecule has 0 unspecified atom stereocenters. The van der Waals surface area contributed by atoms with Gasteiger partial charge in [0.2, 0.25) is 0 Å². The Balaban J connectivity index is 1.40. The summed E-state index contributed by atoms with van der Waals surface area (Å²) in [6.07, 6.45) is 2.64. The van der Waals surface area contributed by atoms with Crippen LogP contribution in [0.5, 0.6) is 11.5 Å². The molecule has 0 bridgehead atoms. The lowest BCUT2D eigenvalue weighted by Gasteiger charge is -2.09. The van der Waals surface area contributed by atoms with Crippen LogP contribution in [0.2, 0.25) is 0 Å². The zero-order valence-electron chi connectivity index (χ0n) is 16.7. The predicted octanol–water partition coefficient (Wildman–Crippen LogP) is 4.34. The van der Waals surface area contributed by atoms with Crippen LogP contribution >= 0.6 is 0 Å². The van der Waals surface area contributed by atoms with Crippen LogP contribution in [0.1, 0.15) is 11.4 Å². The smallest absolute Gasteiger partial charge is 0.136 e. The molecule has 0 saturated carbocycles. The summed E-state index contributed by atoms with van der Waals surface area (Å²) in [4.78, 5) is 0. The number of aryl methyl sites for hydroxylation is 2. The first kappa shape index (κ1) is 17.1. The number of ether oxygens (including phenoxy) is 3. The van der Waals surface area contributed by atoms with E-state index in [-0.39, 0.29) is 0 Å². The Morgan fingerprint density at radius 3 is 1.66 bits per heavy atom. The second-order valence-corrected chi connectivity index (χ2v) is 8.19. The lowest BCUT2D eigenvalue weighted by atomic mass is 10.2. The summed E-state index contributed by atoms with van der Waals surface area (Å²) >= 11 is 0. The maximum Gasteiger partial charge on any atom is 0.136 e. The lowest BCUT2D eigenvalue weighted by Crippen LogP contribution is -2.00. The summed E-state index contributed by atoms with van der Waals surface area (Å²) in [7, 11) is 4.24. The van der Waals surface area contributed by atoms with E-state index in [4.69, 9.17) is 14.2 Å². The molecule has 2 saturated heterocycles. The quantitative estimate of drug-likeness (QED) is 0.462. The standard InChI is InChI=1S/C24H24N2O3/c1-25-15(9-17-13-27-17)11-19-21(25)5-3-7-23(19)29-24-8-4-6-22-20(24)12-16(26(22)2)10-18-14-28-18/h3-8,11-12,17-18H,9-10,13-14H2,1-2H3/t17-,18-/m0/s1. The zero-order chi connectivity index (χ0) is 19.5. The number of nitrogens with zero attached hydrogens (tertiary/aromatic N) is 2. The fourth-order valence-electron chi connectivity index (χ4n) is 4.30. The van der Waals surface area contributed by atoms with Gasteiger partial charge < -0.3 is 23.3 Å². The van der Waals surface area contributed by atoms with Gasteiger partial charge in [0, 0.05) is 49.1 Å². The van der Waals surface area contributed by atoms with E-state index in [2.05, 4.69) is 71.8 Å². The van der Waals surface area contributed by atoms with E-state index < -0.39 is 0 Å². The van der Waals surface area contributed by atoms with Gasteiger partial charge in [0.05, 0.1) is 36.5 Å². The molecule has 0 N–H and O–H groups in total. The molecule has 0 aliphatic carbocycles. The van der Waals surface area contributed by atoms with Gasteiger partial charge in [-0.3, -0.25) is 0 Å². The van der Waals surface area contributed by atoms with Gasteiger partial charge in [-0.25, -0.2) is 0 Å². The molecule has 6 rings (SSSR count). The van der Waals surface area contributed by atoms with Crippen LogP contribution in [0.3, 0.4) is 0 Å². The molecule has 29 heavy (non-hydrogen) atoms. The van der Waals surface area contributed by atoms with E-state index in [1.807, 2.05) is 0 Å². The van der Waals surface area contributed by atoms with E-state index >= 15 is 0 Å². The third-order valence-electron chi connectivity index (χ3n) is 6.19. The third kappa shape index (κ3) is 3.02. The molecule has 2 aliphatic rings. The largest absolute Gasteiger partial charge is 0.456 e. The lowest BCUT2D eigenvalue weighted by molar-refractivity contribution is 0.404. The van der Waals surface area contributed by atoms with Crippen molar-refractivity contribution in [3.63, 3.8) is 0 Å². The van der Waals surface area contributed by atoms with Crippen molar-refractivity contribution in [2.75, 3.05) is 13.2 Å². The van der Waals surface area contributed by atoms with Gasteiger partial charge in [0.1, 0.15) is 11.5 Å². The van der Waals surface area contributed by atoms with E-state index in [0.717, 1.165) is 48.3 Å². The van der Waals surface area contributed by atoms with Crippen molar-refractivity contribution in [2.45, 2.75) is 25.0 Å². The molecule has 5 heteroatoms. The van der Waals surface area contributed by atoms with Crippen LogP contribution in [0.15, 0.2) is 48.5 Å². The van der Waals surface area contributed by atoms with Crippen LogP contribution < -0.4 is 4.74 Å². The normalized spacial score (nSPS) is 20.5. The summed E-state index contributed by atoms with van der Waals surface area (Å²) in [5.41, 5.74) is 4.93. The first-order valence-electron chi connectivity index (χ1n) is 10.2. The minimum Gasteiger partial charge on any atom is -0.456 e. The average molecular weight is 388 g/mol. The highest BCUT2D eigenvalue weighted by molar-refractivity contribution is 5.90. The first-order valence-corrected chi connectivity index (χ1v) is 10.2. The monoisotopic (exact) mass is 388 g/mol. The summed E-state index contributed by atoms with van der Waals surface area (Å²) in [5.74, 6) is 1.79. The molecule has 2 aromatic heterocycles. The summed E-state index contributed by atoms with van der Waals surface area (Å²) in [6.45, 7) is 1.74. The first-order chi connectivity index (χ1) is 14.2. The summed E-state index contributed by atoms with van der Waals surface area (Å²) in [5, 5.41) is 2.29. The molecule has 2 atom stereocenters. The molecular formula is C24H24N2O3.